The normalized spacial score (nSPS) is 15.3. The van der Waals surface area contributed by atoms with Crippen LogP contribution in [0.2, 0.25) is 0 Å². The largest absolute Gasteiger partial charge is 0.325 e. The van der Waals surface area contributed by atoms with Crippen LogP contribution in [0.3, 0.4) is 0 Å². The van der Waals surface area contributed by atoms with Crippen molar-refractivity contribution in [1.29, 1.82) is 0 Å². The molecule has 1 fully saturated rings. The summed E-state index contributed by atoms with van der Waals surface area (Å²) in [5, 5.41) is 2.93. The minimum atomic E-state index is -3.52. The Kier molecular flexibility index (Phi) is 6.93. The number of piperazine rings is 1. The summed E-state index contributed by atoms with van der Waals surface area (Å²) in [4.78, 5) is 14.8. The molecule has 0 aromatic heterocycles. The molecule has 1 aliphatic heterocycles. The van der Waals surface area contributed by atoms with Gasteiger partial charge in [0.05, 0.1) is 11.4 Å². The first kappa shape index (κ1) is 23.2. The topological polar surface area (TPSA) is 69.7 Å². The van der Waals surface area contributed by atoms with Crippen molar-refractivity contribution in [1.82, 2.24) is 9.21 Å². The second kappa shape index (κ2) is 9.87. The van der Waals surface area contributed by atoms with Gasteiger partial charge in [0.15, 0.2) is 0 Å². The van der Waals surface area contributed by atoms with Crippen molar-refractivity contribution in [2.24, 2.45) is 0 Å². The Morgan fingerprint density at radius 2 is 1.45 bits per heavy atom. The van der Waals surface area contributed by atoms with E-state index in [-0.39, 0.29) is 12.5 Å². The van der Waals surface area contributed by atoms with E-state index in [0.29, 0.717) is 31.1 Å². The Bertz CT molecular complexity index is 1220. The lowest BCUT2D eigenvalue weighted by Crippen LogP contribution is -2.50. The molecule has 3 aromatic carbocycles. The van der Waals surface area contributed by atoms with Gasteiger partial charge in [-0.1, -0.05) is 48.5 Å². The molecule has 1 amide bonds. The van der Waals surface area contributed by atoms with Gasteiger partial charge in [-0.25, -0.2) is 8.42 Å². The Labute approximate surface area is 195 Å². The van der Waals surface area contributed by atoms with Crippen LogP contribution in [0.15, 0.2) is 77.7 Å². The molecular formula is C26H29N3O3S. The molecule has 1 heterocycles. The maximum atomic E-state index is 13.0. The molecule has 0 aliphatic carbocycles. The minimum Gasteiger partial charge on any atom is -0.325 e. The van der Waals surface area contributed by atoms with E-state index in [4.69, 9.17) is 0 Å². The minimum absolute atomic E-state index is 0.104. The molecule has 172 valence electrons. The highest BCUT2D eigenvalue weighted by molar-refractivity contribution is 7.89. The Morgan fingerprint density at radius 1 is 0.818 bits per heavy atom. The number of carbonyl (C=O) groups excluding carboxylic acids is 1. The lowest BCUT2D eigenvalue weighted by molar-refractivity contribution is -0.117. The smallest absolute Gasteiger partial charge is 0.243 e. The van der Waals surface area contributed by atoms with Crippen molar-refractivity contribution in [2.45, 2.75) is 18.7 Å². The molecule has 0 bridgehead atoms. The molecular weight excluding hydrogens is 434 g/mol. The SMILES string of the molecule is Cc1ccc(S(=O)(=O)N2CCN(CC(=O)Nc3ccc(-c4ccccc4)cc3)CC2)cc1C. The average Bonchev–Trinajstić information content (AvgIpc) is 2.82. The maximum Gasteiger partial charge on any atom is 0.243 e. The van der Waals surface area contributed by atoms with Gasteiger partial charge in [0.25, 0.3) is 0 Å². The zero-order chi connectivity index (χ0) is 23.4. The first-order valence-corrected chi connectivity index (χ1v) is 12.5. The zero-order valence-corrected chi connectivity index (χ0v) is 19.8. The number of hydrogen-bond donors (Lipinski definition) is 1. The Morgan fingerprint density at radius 3 is 2.09 bits per heavy atom. The summed E-state index contributed by atoms with van der Waals surface area (Å²) in [7, 11) is -3.52. The van der Waals surface area contributed by atoms with Gasteiger partial charge in [0.1, 0.15) is 0 Å². The molecule has 4 rings (SSSR count). The van der Waals surface area contributed by atoms with Crippen LogP contribution in [0.4, 0.5) is 5.69 Å². The number of nitrogens with zero attached hydrogens (tertiary/aromatic N) is 2. The summed E-state index contributed by atoms with van der Waals surface area (Å²) in [6.45, 7) is 5.89. The fraction of sp³-hybridized carbons (Fsp3) is 0.269. The number of anilines is 1. The zero-order valence-electron chi connectivity index (χ0n) is 19.0. The van der Waals surface area contributed by atoms with Crippen molar-refractivity contribution in [2.75, 3.05) is 38.0 Å². The third-order valence-electron chi connectivity index (χ3n) is 6.09. The van der Waals surface area contributed by atoms with Crippen LogP contribution in [-0.2, 0) is 14.8 Å². The monoisotopic (exact) mass is 463 g/mol. The Hall–Kier alpha value is -3.00. The van der Waals surface area contributed by atoms with Gasteiger partial charge in [-0.3, -0.25) is 9.69 Å². The van der Waals surface area contributed by atoms with Crippen LogP contribution < -0.4 is 5.32 Å². The van der Waals surface area contributed by atoms with E-state index < -0.39 is 10.0 Å². The van der Waals surface area contributed by atoms with Crippen LogP contribution >= 0.6 is 0 Å². The highest BCUT2D eigenvalue weighted by atomic mass is 32.2. The van der Waals surface area contributed by atoms with Crippen LogP contribution in [0.25, 0.3) is 11.1 Å². The second-order valence-electron chi connectivity index (χ2n) is 8.42. The lowest BCUT2D eigenvalue weighted by atomic mass is 10.1. The maximum absolute atomic E-state index is 13.0. The molecule has 3 aromatic rings. The van der Waals surface area contributed by atoms with Gasteiger partial charge >= 0.3 is 0 Å². The van der Waals surface area contributed by atoms with E-state index in [1.165, 1.54) is 4.31 Å². The molecule has 0 unspecified atom stereocenters. The molecule has 6 nitrogen and oxygen atoms in total. The van der Waals surface area contributed by atoms with Gasteiger partial charge in [-0.05, 0) is 60.4 Å². The predicted molar refractivity (Wildman–Crippen MR) is 132 cm³/mol. The summed E-state index contributed by atoms with van der Waals surface area (Å²) in [5.41, 5.74) is 5.00. The average molecular weight is 464 g/mol. The number of sulfonamides is 1. The summed E-state index contributed by atoms with van der Waals surface area (Å²) < 4.78 is 27.5. The number of benzene rings is 3. The fourth-order valence-electron chi connectivity index (χ4n) is 3.93. The van der Waals surface area contributed by atoms with E-state index in [2.05, 4.69) is 5.32 Å². The fourth-order valence-corrected chi connectivity index (χ4v) is 5.44. The summed E-state index contributed by atoms with van der Waals surface area (Å²) in [6.07, 6.45) is 0. The van der Waals surface area contributed by atoms with Crippen molar-refractivity contribution in [3.8, 4) is 11.1 Å². The number of rotatable bonds is 6. The van der Waals surface area contributed by atoms with Crippen molar-refractivity contribution < 1.29 is 13.2 Å². The highest BCUT2D eigenvalue weighted by Gasteiger charge is 2.29. The number of nitrogens with one attached hydrogen (secondary N) is 1. The van der Waals surface area contributed by atoms with Gasteiger partial charge in [-0.15, -0.1) is 0 Å². The van der Waals surface area contributed by atoms with E-state index in [1.807, 2.05) is 79.4 Å². The first-order chi connectivity index (χ1) is 15.8. The third kappa shape index (κ3) is 5.50. The van der Waals surface area contributed by atoms with Crippen LogP contribution in [0, 0.1) is 13.8 Å². The van der Waals surface area contributed by atoms with Gasteiger partial charge in [0, 0.05) is 31.9 Å². The molecule has 1 N–H and O–H groups in total. The molecule has 0 spiro atoms. The van der Waals surface area contributed by atoms with Gasteiger partial charge < -0.3 is 5.32 Å². The van der Waals surface area contributed by atoms with E-state index in [9.17, 15) is 13.2 Å². The van der Waals surface area contributed by atoms with Crippen LogP contribution in [0.1, 0.15) is 11.1 Å². The Balaban J connectivity index is 1.30. The molecule has 0 saturated carbocycles. The quantitative estimate of drug-likeness (QED) is 0.602. The van der Waals surface area contributed by atoms with Crippen molar-refractivity contribution >= 4 is 21.6 Å². The standard InChI is InChI=1S/C26H29N3O3S/c1-20-8-13-25(18-21(20)2)33(31,32)29-16-14-28(15-17-29)19-26(30)27-24-11-9-23(10-12-24)22-6-4-3-5-7-22/h3-13,18H,14-17,19H2,1-2H3,(H,27,30). The molecule has 0 radical (unpaired) electrons. The van der Waals surface area contributed by atoms with E-state index in [0.717, 1.165) is 27.9 Å². The second-order valence-corrected chi connectivity index (χ2v) is 10.4. The molecule has 0 atom stereocenters. The van der Waals surface area contributed by atoms with E-state index in [1.54, 1.807) is 12.1 Å². The van der Waals surface area contributed by atoms with E-state index >= 15 is 0 Å². The lowest BCUT2D eigenvalue weighted by Gasteiger charge is -2.33. The number of amides is 1. The third-order valence-corrected chi connectivity index (χ3v) is 7.99. The van der Waals surface area contributed by atoms with Crippen molar-refractivity contribution in [3.05, 3.63) is 83.9 Å². The molecule has 1 saturated heterocycles. The summed E-state index contributed by atoms with van der Waals surface area (Å²) in [6, 6.07) is 23.1. The number of carbonyl (C=O) groups is 1. The first-order valence-electron chi connectivity index (χ1n) is 11.1. The summed E-state index contributed by atoms with van der Waals surface area (Å²) in [5.74, 6) is -0.104. The predicted octanol–water partition coefficient (Wildman–Crippen LogP) is 3.92. The highest BCUT2D eigenvalue weighted by Crippen LogP contribution is 2.22. The molecule has 7 heteroatoms. The van der Waals surface area contributed by atoms with Gasteiger partial charge in [-0.2, -0.15) is 4.31 Å². The molecule has 33 heavy (non-hydrogen) atoms. The summed E-state index contributed by atoms with van der Waals surface area (Å²) >= 11 is 0. The number of hydrogen-bond acceptors (Lipinski definition) is 4. The van der Waals surface area contributed by atoms with Crippen LogP contribution in [-0.4, -0.2) is 56.3 Å². The van der Waals surface area contributed by atoms with Crippen LogP contribution in [0.5, 0.6) is 0 Å². The van der Waals surface area contributed by atoms with Crippen molar-refractivity contribution in [3.63, 3.8) is 0 Å². The van der Waals surface area contributed by atoms with Gasteiger partial charge in [0.2, 0.25) is 15.9 Å². The number of aryl methyl sites for hydroxylation is 2. The molecule has 1 aliphatic rings.